The lowest BCUT2D eigenvalue weighted by Crippen LogP contribution is -2.09. The molecule has 0 amide bonds. The summed E-state index contributed by atoms with van der Waals surface area (Å²) in [5, 5.41) is 7.35. The van der Waals surface area contributed by atoms with Crippen molar-refractivity contribution < 1.29 is 18.0 Å². The first-order chi connectivity index (χ1) is 10.7. The van der Waals surface area contributed by atoms with E-state index in [0.717, 1.165) is 10.9 Å². The minimum absolute atomic E-state index is 0.00657. The smallest absolute Gasteiger partial charge is 0.391 e. The van der Waals surface area contributed by atoms with Crippen LogP contribution in [0.5, 0.6) is 0 Å². The average molecular weight is 387 g/mol. The van der Waals surface area contributed by atoms with E-state index in [1.54, 1.807) is 18.2 Å². The second-order valence-electron chi connectivity index (χ2n) is 4.43. The van der Waals surface area contributed by atoms with Crippen molar-refractivity contribution in [3.63, 3.8) is 0 Å². The zero-order chi connectivity index (χ0) is 17.2. The van der Waals surface area contributed by atoms with Crippen molar-refractivity contribution >= 4 is 41.0 Å². The van der Waals surface area contributed by atoms with Gasteiger partial charge in [-0.15, -0.1) is 0 Å². The van der Waals surface area contributed by atoms with Crippen LogP contribution in [0.1, 0.15) is 16.8 Å². The van der Waals surface area contributed by atoms with Crippen molar-refractivity contribution in [3.8, 4) is 0 Å². The van der Waals surface area contributed by atoms with Crippen LogP contribution in [0, 0.1) is 0 Å². The molecular formula is C13H9Cl3F3N3O. The van der Waals surface area contributed by atoms with E-state index in [-0.39, 0.29) is 17.3 Å². The van der Waals surface area contributed by atoms with E-state index in [1.165, 1.54) is 7.05 Å². The number of aryl methyl sites for hydroxylation is 1. The average Bonchev–Trinajstić information content (AvgIpc) is 2.75. The fraction of sp³-hybridized carbons (Fsp3) is 0.231. The van der Waals surface area contributed by atoms with Crippen molar-refractivity contribution in [1.82, 2.24) is 9.78 Å². The summed E-state index contributed by atoms with van der Waals surface area (Å²) in [5.74, 6) is 0. The lowest BCUT2D eigenvalue weighted by Gasteiger charge is -2.03. The van der Waals surface area contributed by atoms with Crippen molar-refractivity contribution in [1.29, 1.82) is 0 Å². The molecule has 0 atom stereocenters. The van der Waals surface area contributed by atoms with Gasteiger partial charge >= 0.3 is 6.18 Å². The van der Waals surface area contributed by atoms with Crippen LogP contribution in [0.3, 0.4) is 0 Å². The van der Waals surface area contributed by atoms with Crippen LogP contribution in [0.4, 0.5) is 13.2 Å². The van der Waals surface area contributed by atoms with E-state index in [2.05, 4.69) is 10.3 Å². The molecule has 1 heterocycles. The highest BCUT2D eigenvalue weighted by atomic mass is 35.5. The third kappa shape index (κ3) is 4.31. The summed E-state index contributed by atoms with van der Waals surface area (Å²) in [6, 6.07) is 4.80. The summed E-state index contributed by atoms with van der Waals surface area (Å²) in [5.41, 5.74) is -0.840. The van der Waals surface area contributed by atoms with E-state index < -0.39 is 11.9 Å². The van der Waals surface area contributed by atoms with Crippen LogP contribution in [-0.4, -0.2) is 16.0 Å². The van der Waals surface area contributed by atoms with Gasteiger partial charge in [0, 0.05) is 7.05 Å². The molecule has 0 saturated carbocycles. The van der Waals surface area contributed by atoms with Crippen molar-refractivity contribution in [2.24, 2.45) is 12.2 Å². The number of halogens is 6. The van der Waals surface area contributed by atoms with Gasteiger partial charge in [0.2, 0.25) is 0 Å². The zero-order valence-corrected chi connectivity index (χ0v) is 13.8. The Labute approximate surface area is 144 Å². The molecule has 0 N–H and O–H groups in total. The predicted molar refractivity (Wildman–Crippen MR) is 82.1 cm³/mol. The number of hydrogen-bond acceptors (Lipinski definition) is 3. The SMILES string of the molecule is Cn1nc(C(F)(F)F)c(C=NOCc2ccc(Cl)c(Cl)c2)c1Cl. The van der Waals surface area contributed by atoms with Crippen LogP contribution in [-0.2, 0) is 24.7 Å². The summed E-state index contributed by atoms with van der Waals surface area (Å²) in [6.45, 7) is 0.00657. The molecule has 0 aliphatic carbocycles. The molecule has 0 fully saturated rings. The maximum atomic E-state index is 12.8. The first kappa shape index (κ1) is 17.9. The number of hydrogen-bond donors (Lipinski definition) is 0. The highest BCUT2D eigenvalue weighted by Crippen LogP contribution is 2.33. The van der Waals surface area contributed by atoms with Crippen LogP contribution in [0.15, 0.2) is 23.4 Å². The maximum Gasteiger partial charge on any atom is 0.435 e. The number of benzene rings is 1. The van der Waals surface area contributed by atoms with Gasteiger partial charge in [-0.2, -0.15) is 18.3 Å². The second kappa shape index (κ2) is 6.98. The first-order valence-electron chi connectivity index (χ1n) is 6.09. The van der Waals surface area contributed by atoms with Gasteiger partial charge in [0.1, 0.15) is 11.8 Å². The number of oxime groups is 1. The highest BCUT2D eigenvalue weighted by molar-refractivity contribution is 6.42. The van der Waals surface area contributed by atoms with Crippen molar-refractivity contribution in [3.05, 3.63) is 50.2 Å². The Hall–Kier alpha value is -1.44. The standard InChI is InChI=1S/C13H9Cl3F3N3O/c1-22-12(16)8(11(21-22)13(17,18)19)5-20-23-6-7-2-3-9(14)10(15)4-7/h2-5H,6H2,1H3. The van der Waals surface area contributed by atoms with E-state index >= 15 is 0 Å². The van der Waals surface area contributed by atoms with Crippen LogP contribution in [0.2, 0.25) is 15.2 Å². The van der Waals surface area contributed by atoms with Gasteiger partial charge in [-0.1, -0.05) is 46.0 Å². The highest BCUT2D eigenvalue weighted by Gasteiger charge is 2.38. The summed E-state index contributed by atoms with van der Waals surface area (Å²) >= 11 is 17.4. The monoisotopic (exact) mass is 385 g/mol. The molecule has 2 aromatic rings. The molecule has 1 aromatic carbocycles. The molecule has 0 bridgehead atoms. The topological polar surface area (TPSA) is 39.4 Å². The number of nitrogens with zero attached hydrogens (tertiary/aromatic N) is 3. The molecular weight excluding hydrogens is 378 g/mol. The molecule has 124 valence electrons. The Morgan fingerprint density at radius 3 is 2.57 bits per heavy atom. The van der Waals surface area contributed by atoms with E-state index in [1.807, 2.05) is 0 Å². The molecule has 0 unspecified atom stereocenters. The lowest BCUT2D eigenvalue weighted by molar-refractivity contribution is -0.141. The third-order valence-corrected chi connectivity index (χ3v) is 3.94. The molecule has 0 spiro atoms. The lowest BCUT2D eigenvalue weighted by atomic mass is 10.2. The van der Waals surface area contributed by atoms with E-state index in [0.29, 0.717) is 15.6 Å². The van der Waals surface area contributed by atoms with Gasteiger partial charge in [0.15, 0.2) is 5.69 Å². The molecule has 10 heteroatoms. The fourth-order valence-corrected chi connectivity index (χ4v) is 2.17. The van der Waals surface area contributed by atoms with Crippen molar-refractivity contribution in [2.75, 3.05) is 0 Å². The third-order valence-electron chi connectivity index (χ3n) is 2.75. The Morgan fingerprint density at radius 1 is 1.26 bits per heavy atom. The van der Waals surface area contributed by atoms with E-state index in [4.69, 9.17) is 39.6 Å². The summed E-state index contributed by atoms with van der Waals surface area (Å²) in [4.78, 5) is 4.96. The van der Waals surface area contributed by atoms with Crippen LogP contribution < -0.4 is 0 Å². The Morgan fingerprint density at radius 2 is 1.96 bits per heavy atom. The summed E-state index contributed by atoms with van der Waals surface area (Å²) in [6.07, 6.45) is -3.77. The molecule has 4 nitrogen and oxygen atoms in total. The normalized spacial score (nSPS) is 12.1. The van der Waals surface area contributed by atoms with Gasteiger partial charge in [-0.05, 0) is 17.7 Å². The zero-order valence-electron chi connectivity index (χ0n) is 11.5. The van der Waals surface area contributed by atoms with Gasteiger partial charge in [0.25, 0.3) is 0 Å². The van der Waals surface area contributed by atoms with Crippen LogP contribution >= 0.6 is 34.8 Å². The van der Waals surface area contributed by atoms with Gasteiger partial charge < -0.3 is 4.84 Å². The summed E-state index contributed by atoms with van der Waals surface area (Å²) in [7, 11) is 1.30. The number of alkyl halides is 3. The predicted octanol–water partition coefficient (Wildman–Crippen LogP) is 4.95. The fourth-order valence-electron chi connectivity index (χ4n) is 1.67. The summed E-state index contributed by atoms with van der Waals surface area (Å²) < 4.78 is 39.4. The molecule has 0 saturated heterocycles. The van der Waals surface area contributed by atoms with Crippen molar-refractivity contribution in [2.45, 2.75) is 12.8 Å². The Kier molecular flexibility index (Phi) is 5.44. The molecule has 1 aromatic heterocycles. The maximum absolute atomic E-state index is 12.8. The molecule has 0 radical (unpaired) electrons. The first-order valence-corrected chi connectivity index (χ1v) is 7.22. The number of rotatable bonds is 4. The Bertz CT molecular complexity index is 744. The minimum Gasteiger partial charge on any atom is -0.391 e. The molecule has 23 heavy (non-hydrogen) atoms. The molecule has 2 rings (SSSR count). The van der Waals surface area contributed by atoms with E-state index in [9.17, 15) is 13.2 Å². The molecule has 0 aliphatic rings. The largest absolute Gasteiger partial charge is 0.435 e. The minimum atomic E-state index is -4.64. The second-order valence-corrected chi connectivity index (χ2v) is 5.60. The van der Waals surface area contributed by atoms with Gasteiger partial charge in [0.05, 0.1) is 21.8 Å². The van der Waals surface area contributed by atoms with Gasteiger partial charge in [-0.25, -0.2) is 0 Å². The Balaban J connectivity index is 2.10. The van der Waals surface area contributed by atoms with Crippen LogP contribution in [0.25, 0.3) is 0 Å². The quantitative estimate of drug-likeness (QED) is 0.551. The molecule has 0 aliphatic heterocycles. The van der Waals surface area contributed by atoms with Gasteiger partial charge in [-0.3, -0.25) is 4.68 Å². The number of aromatic nitrogens is 2.